The highest BCUT2D eigenvalue weighted by atomic mass is 32.2. The smallest absolute Gasteiger partial charge is 0.241 e. The molecule has 2 aromatic carbocycles. The molecule has 1 saturated heterocycles. The highest BCUT2D eigenvalue weighted by molar-refractivity contribution is 7.92. The Balaban J connectivity index is 1.61. The van der Waals surface area contributed by atoms with Crippen molar-refractivity contribution in [1.82, 2.24) is 10.2 Å². The largest absolute Gasteiger partial charge is 0.350 e. The zero-order chi connectivity index (χ0) is 22.4. The number of amides is 1. The van der Waals surface area contributed by atoms with E-state index in [4.69, 9.17) is 0 Å². The minimum Gasteiger partial charge on any atom is -0.350 e. The van der Waals surface area contributed by atoms with E-state index in [0.717, 1.165) is 59.5 Å². The fourth-order valence-corrected chi connectivity index (χ4v) is 4.49. The van der Waals surface area contributed by atoms with Gasteiger partial charge in [-0.3, -0.25) is 14.0 Å². The molecule has 0 bridgehead atoms. The summed E-state index contributed by atoms with van der Waals surface area (Å²) >= 11 is 0. The van der Waals surface area contributed by atoms with Gasteiger partial charge in [0.2, 0.25) is 15.9 Å². The maximum atomic E-state index is 13.5. The van der Waals surface area contributed by atoms with Crippen molar-refractivity contribution >= 4 is 21.6 Å². The first-order valence-corrected chi connectivity index (χ1v) is 12.1. The summed E-state index contributed by atoms with van der Waals surface area (Å²) in [4.78, 5) is 14.8. The van der Waals surface area contributed by atoms with E-state index in [0.29, 0.717) is 0 Å². The van der Waals surface area contributed by atoms with Gasteiger partial charge in [0, 0.05) is 19.2 Å². The molecule has 0 atom stereocenters. The van der Waals surface area contributed by atoms with Crippen LogP contribution in [0.3, 0.4) is 0 Å². The molecule has 1 N–H and O–H groups in total. The number of halogens is 2. The molecule has 1 heterocycles. The highest BCUT2D eigenvalue weighted by Gasteiger charge is 2.22. The number of sulfonamides is 1. The molecule has 0 unspecified atom stereocenters. The van der Waals surface area contributed by atoms with Gasteiger partial charge in [0.05, 0.1) is 11.9 Å². The highest BCUT2D eigenvalue weighted by Crippen LogP contribution is 2.20. The predicted octanol–water partition coefficient (Wildman–Crippen LogP) is 3.03. The average molecular weight is 452 g/mol. The number of carbonyl (C=O) groups is 1. The lowest BCUT2D eigenvalue weighted by molar-refractivity contribution is -0.119. The van der Waals surface area contributed by atoms with Gasteiger partial charge in [-0.05, 0) is 49.2 Å². The Hall–Kier alpha value is -2.52. The Bertz CT molecular complexity index is 1020. The van der Waals surface area contributed by atoms with Crippen molar-refractivity contribution in [3.8, 4) is 0 Å². The fraction of sp³-hybridized carbons (Fsp3) is 0.409. The Morgan fingerprint density at radius 3 is 2.42 bits per heavy atom. The maximum absolute atomic E-state index is 13.5. The first-order valence-electron chi connectivity index (χ1n) is 10.2. The van der Waals surface area contributed by atoms with E-state index in [1.54, 1.807) is 0 Å². The van der Waals surface area contributed by atoms with E-state index in [-0.39, 0.29) is 12.2 Å². The monoisotopic (exact) mass is 451 g/mol. The van der Waals surface area contributed by atoms with Crippen LogP contribution < -0.4 is 9.62 Å². The number of likely N-dealkylation sites (tertiary alicyclic amines) is 1. The fourth-order valence-electron chi connectivity index (χ4n) is 3.64. The SMILES string of the molecule is CS(=O)(=O)N(CC(=O)NCc1cccc(CN2CCCCC2)c1)c1ccc(F)c(F)c1. The number of nitrogens with one attached hydrogen (secondary N) is 1. The number of hydrogen-bond donors (Lipinski definition) is 1. The molecular weight excluding hydrogens is 424 g/mol. The number of anilines is 1. The third kappa shape index (κ3) is 6.73. The number of hydrogen-bond acceptors (Lipinski definition) is 4. The van der Waals surface area contributed by atoms with Crippen LogP contribution in [0.25, 0.3) is 0 Å². The second-order valence-corrected chi connectivity index (χ2v) is 9.71. The van der Waals surface area contributed by atoms with Gasteiger partial charge in [-0.15, -0.1) is 0 Å². The number of piperidine rings is 1. The van der Waals surface area contributed by atoms with Gasteiger partial charge in [0.25, 0.3) is 0 Å². The van der Waals surface area contributed by atoms with Crippen LogP contribution in [-0.2, 0) is 27.9 Å². The summed E-state index contributed by atoms with van der Waals surface area (Å²) in [5, 5.41) is 2.70. The summed E-state index contributed by atoms with van der Waals surface area (Å²) in [7, 11) is -3.87. The van der Waals surface area contributed by atoms with Crippen molar-refractivity contribution in [3.63, 3.8) is 0 Å². The first-order chi connectivity index (χ1) is 14.7. The van der Waals surface area contributed by atoms with Gasteiger partial charge >= 0.3 is 0 Å². The molecule has 0 saturated carbocycles. The van der Waals surface area contributed by atoms with Crippen LogP contribution in [-0.4, -0.2) is 45.1 Å². The van der Waals surface area contributed by atoms with Crippen molar-refractivity contribution in [3.05, 3.63) is 65.2 Å². The Labute approximate surface area is 181 Å². The summed E-state index contributed by atoms with van der Waals surface area (Å²) in [6.07, 6.45) is 4.61. The number of benzene rings is 2. The van der Waals surface area contributed by atoms with E-state index < -0.39 is 34.1 Å². The third-order valence-corrected chi connectivity index (χ3v) is 6.36. The molecule has 31 heavy (non-hydrogen) atoms. The summed E-state index contributed by atoms with van der Waals surface area (Å²) in [5.74, 6) is -2.82. The molecule has 168 valence electrons. The molecule has 1 fully saturated rings. The van der Waals surface area contributed by atoms with E-state index in [1.165, 1.54) is 19.3 Å². The second kappa shape index (κ2) is 10.2. The zero-order valence-electron chi connectivity index (χ0n) is 17.5. The zero-order valence-corrected chi connectivity index (χ0v) is 18.3. The Morgan fingerprint density at radius 2 is 1.74 bits per heavy atom. The van der Waals surface area contributed by atoms with Gasteiger partial charge < -0.3 is 5.32 Å². The lowest BCUT2D eigenvalue weighted by atomic mass is 10.1. The third-order valence-electron chi connectivity index (χ3n) is 5.21. The standard InChI is InChI=1S/C22H27F2N3O3S/c1-31(29,30)27(19-8-9-20(23)21(24)13-19)16-22(28)25-14-17-6-5-7-18(12-17)15-26-10-3-2-4-11-26/h5-9,12-13H,2-4,10-11,14-16H2,1H3,(H,25,28). The summed E-state index contributed by atoms with van der Waals surface area (Å²) in [5.41, 5.74) is 1.95. The van der Waals surface area contributed by atoms with Crippen molar-refractivity contribution in [2.45, 2.75) is 32.4 Å². The lowest BCUT2D eigenvalue weighted by Gasteiger charge is -2.26. The van der Waals surface area contributed by atoms with Gasteiger partial charge in [-0.2, -0.15) is 0 Å². The Kier molecular flexibility index (Phi) is 7.61. The van der Waals surface area contributed by atoms with Gasteiger partial charge in [0.15, 0.2) is 11.6 Å². The molecule has 0 aromatic heterocycles. The molecule has 0 radical (unpaired) electrons. The number of rotatable bonds is 8. The van der Waals surface area contributed by atoms with E-state index in [2.05, 4.69) is 10.2 Å². The molecule has 0 spiro atoms. The van der Waals surface area contributed by atoms with Crippen molar-refractivity contribution in [2.24, 2.45) is 0 Å². The number of carbonyl (C=O) groups excluding carboxylic acids is 1. The van der Waals surface area contributed by atoms with E-state index in [9.17, 15) is 22.0 Å². The second-order valence-electron chi connectivity index (χ2n) is 7.80. The van der Waals surface area contributed by atoms with Crippen LogP contribution in [0.1, 0.15) is 30.4 Å². The lowest BCUT2D eigenvalue weighted by Crippen LogP contribution is -2.40. The summed E-state index contributed by atoms with van der Waals surface area (Å²) in [6.45, 7) is 2.75. The van der Waals surface area contributed by atoms with Gasteiger partial charge in [-0.25, -0.2) is 17.2 Å². The van der Waals surface area contributed by atoms with Crippen LogP contribution in [0.5, 0.6) is 0 Å². The topological polar surface area (TPSA) is 69.7 Å². The molecule has 1 aliphatic rings. The van der Waals surface area contributed by atoms with Crippen molar-refractivity contribution < 1.29 is 22.0 Å². The first kappa shape index (κ1) is 23.1. The van der Waals surface area contributed by atoms with Crippen LogP contribution in [0.4, 0.5) is 14.5 Å². The minimum absolute atomic E-state index is 0.111. The average Bonchev–Trinajstić information content (AvgIpc) is 2.73. The van der Waals surface area contributed by atoms with Crippen LogP contribution in [0.15, 0.2) is 42.5 Å². The van der Waals surface area contributed by atoms with Crippen molar-refractivity contribution in [1.29, 1.82) is 0 Å². The minimum atomic E-state index is -3.87. The van der Waals surface area contributed by atoms with E-state index >= 15 is 0 Å². The molecule has 9 heteroatoms. The molecule has 1 aliphatic heterocycles. The van der Waals surface area contributed by atoms with Crippen LogP contribution >= 0.6 is 0 Å². The summed E-state index contributed by atoms with van der Waals surface area (Å²) in [6, 6.07) is 10.6. The molecule has 1 amide bonds. The Morgan fingerprint density at radius 1 is 1.03 bits per heavy atom. The van der Waals surface area contributed by atoms with Gasteiger partial charge in [-0.1, -0.05) is 30.7 Å². The molecule has 3 rings (SSSR count). The molecular formula is C22H27F2N3O3S. The molecule has 2 aromatic rings. The number of nitrogens with zero attached hydrogens (tertiary/aromatic N) is 2. The molecule has 6 nitrogen and oxygen atoms in total. The van der Waals surface area contributed by atoms with Gasteiger partial charge in [0.1, 0.15) is 6.54 Å². The predicted molar refractivity (Wildman–Crippen MR) is 116 cm³/mol. The van der Waals surface area contributed by atoms with Crippen molar-refractivity contribution in [2.75, 3.05) is 30.2 Å². The van der Waals surface area contributed by atoms with E-state index in [1.807, 2.05) is 24.3 Å². The van der Waals surface area contributed by atoms with Crippen LogP contribution in [0.2, 0.25) is 0 Å². The quantitative estimate of drug-likeness (QED) is 0.670. The maximum Gasteiger partial charge on any atom is 0.241 e. The normalized spacial score (nSPS) is 14.9. The van der Waals surface area contributed by atoms with Crippen LogP contribution in [0, 0.1) is 11.6 Å². The summed E-state index contributed by atoms with van der Waals surface area (Å²) < 4.78 is 51.7. The molecule has 0 aliphatic carbocycles.